The first-order chi connectivity index (χ1) is 6.70. The van der Waals surface area contributed by atoms with Crippen LogP contribution in [-0.2, 0) is 6.54 Å². The predicted octanol–water partition coefficient (Wildman–Crippen LogP) is 1.83. The van der Waals surface area contributed by atoms with Crippen molar-refractivity contribution in [3.8, 4) is 0 Å². The number of hydrogen-bond acceptors (Lipinski definition) is 3. The van der Waals surface area contributed by atoms with E-state index in [0.717, 1.165) is 12.1 Å². The van der Waals surface area contributed by atoms with Gasteiger partial charge in [-0.1, -0.05) is 0 Å². The third-order valence-electron chi connectivity index (χ3n) is 1.79. The van der Waals surface area contributed by atoms with Crippen molar-refractivity contribution in [2.45, 2.75) is 6.54 Å². The zero-order valence-corrected chi connectivity index (χ0v) is 7.47. The molecule has 0 aliphatic carbocycles. The molecule has 1 N–H and O–H groups in total. The van der Waals surface area contributed by atoms with Gasteiger partial charge in [-0.25, -0.2) is 13.8 Å². The van der Waals surface area contributed by atoms with E-state index in [0.29, 0.717) is 12.4 Å². The predicted molar refractivity (Wildman–Crippen MR) is 46.7 cm³/mol. The highest BCUT2D eigenvalue weighted by Gasteiger charge is 2.11. The summed E-state index contributed by atoms with van der Waals surface area (Å²) in [5.41, 5.74) is 0.199. The number of benzene rings is 1. The van der Waals surface area contributed by atoms with Gasteiger partial charge in [-0.2, -0.15) is 0 Å². The quantitative estimate of drug-likeness (QED) is 0.799. The molecule has 0 saturated carbocycles. The molecule has 3 nitrogen and oxygen atoms in total. The number of oxazole rings is 1. The minimum atomic E-state index is -0.703. The Bertz CT molecular complexity index is 467. The second-order valence-electron chi connectivity index (χ2n) is 2.87. The van der Waals surface area contributed by atoms with Gasteiger partial charge in [0.1, 0.15) is 11.3 Å². The number of aromatic nitrogens is 1. The van der Waals surface area contributed by atoms with E-state index in [1.165, 1.54) is 0 Å². The molecule has 1 heterocycles. The van der Waals surface area contributed by atoms with Crippen LogP contribution in [0.5, 0.6) is 0 Å². The fraction of sp³-hybridized carbons (Fsp3) is 0.222. The van der Waals surface area contributed by atoms with Crippen molar-refractivity contribution in [3.63, 3.8) is 0 Å². The lowest BCUT2D eigenvalue weighted by Gasteiger charge is -1.89. The van der Waals surface area contributed by atoms with Gasteiger partial charge in [0.25, 0.3) is 0 Å². The number of fused-ring (bicyclic) bond motifs is 1. The van der Waals surface area contributed by atoms with E-state index in [1.54, 1.807) is 7.05 Å². The second-order valence-corrected chi connectivity index (χ2v) is 2.87. The molecule has 0 amide bonds. The zero-order valence-electron chi connectivity index (χ0n) is 7.47. The van der Waals surface area contributed by atoms with E-state index in [9.17, 15) is 8.78 Å². The summed E-state index contributed by atoms with van der Waals surface area (Å²) in [6.07, 6.45) is 0. The van der Waals surface area contributed by atoms with Crippen molar-refractivity contribution in [2.75, 3.05) is 7.05 Å². The molecule has 1 aromatic heterocycles. The van der Waals surface area contributed by atoms with Crippen molar-refractivity contribution in [1.82, 2.24) is 10.3 Å². The summed E-state index contributed by atoms with van der Waals surface area (Å²) in [7, 11) is 1.71. The lowest BCUT2D eigenvalue weighted by atomic mass is 10.3. The SMILES string of the molecule is CNCc1nc2c(F)cc(F)cc2o1. The summed E-state index contributed by atoms with van der Waals surface area (Å²) in [4.78, 5) is 3.87. The molecule has 2 rings (SSSR count). The Balaban J connectivity index is 2.58. The minimum Gasteiger partial charge on any atom is -0.439 e. The molecule has 0 fully saturated rings. The molecule has 0 aliphatic rings. The molecule has 0 aliphatic heterocycles. The van der Waals surface area contributed by atoms with Crippen LogP contribution in [0.1, 0.15) is 5.89 Å². The van der Waals surface area contributed by atoms with Gasteiger partial charge >= 0.3 is 0 Å². The van der Waals surface area contributed by atoms with Gasteiger partial charge in [-0.15, -0.1) is 0 Å². The molecule has 1 aromatic carbocycles. The number of nitrogens with zero attached hydrogens (tertiary/aromatic N) is 1. The van der Waals surface area contributed by atoms with E-state index < -0.39 is 11.6 Å². The van der Waals surface area contributed by atoms with Gasteiger partial charge in [0, 0.05) is 12.1 Å². The van der Waals surface area contributed by atoms with Gasteiger partial charge in [0.2, 0.25) is 5.89 Å². The van der Waals surface area contributed by atoms with Crippen molar-refractivity contribution >= 4 is 11.1 Å². The molecule has 5 heteroatoms. The highest BCUT2D eigenvalue weighted by atomic mass is 19.1. The molecular weight excluding hydrogens is 190 g/mol. The molecule has 0 unspecified atom stereocenters. The molecular formula is C9H8F2N2O. The molecule has 74 valence electrons. The van der Waals surface area contributed by atoms with Crippen LogP contribution in [0.3, 0.4) is 0 Å². The Morgan fingerprint density at radius 2 is 2.21 bits per heavy atom. The van der Waals surface area contributed by atoms with E-state index in [1.807, 2.05) is 0 Å². The molecule has 0 radical (unpaired) electrons. The van der Waals surface area contributed by atoms with Crippen LogP contribution < -0.4 is 5.32 Å². The molecule has 0 bridgehead atoms. The van der Waals surface area contributed by atoms with E-state index in [4.69, 9.17) is 4.42 Å². The highest BCUT2D eigenvalue weighted by molar-refractivity contribution is 5.73. The summed E-state index contributed by atoms with van der Waals surface area (Å²) >= 11 is 0. The molecule has 0 saturated heterocycles. The smallest absolute Gasteiger partial charge is 0.209 e. The lowest BCUT2D eigenvalue weighted by Crippen LogP contribution is -2.04. The zero-order chi connectivity index (χ0) is 10.1. The Labute approximate surface area is 78.7 Å². The van der Waals surface area contributed by atoms with Crippen LogP contribution in [0.4, 0.5) is 8.78 Å². The third-order valence-corrected chi connectivity index (χ3v) is 1.79. The van der Waals surface area contributed by atoms with E-state index >= 15 is 0 Å². The number of halogens is 2. The van der Waals surface area contributed by atoms with Gasteiger partial charge in [-0.3, -0.25) is 0 Å². The summed E-state index contributed by atoms with van der Waals surface area (Å²) in [5.74, 6) is -1.03. The van der Waals surface area contributed by atoms with Gasteiger partial charge in [0.15, 0.2) is 11.4 Å². The van der Waals surface area contributed by atoms with Crippen LogP contribution in [0.15, 0.2) is 16.5 Å². The maximum absolute atomic E-state index is 13.1. The van der Waals surface area contributed by atoms with Gasteiger partial charge < -0.3 is 9.73 Å². The Hall–Kier alpha value is -1.49. The summed E-state index contributed by atoms with van der Waals surface area (Å²) in [6, 6.07) is 1.90. The summed E-state index contributed by atoms with van der Waals surface area (Å²) in [6.45, 7) is 0.385. The van der Waals surface area contributed by atoms with Gasteiger partial charge in [0.05, 0.1) is 6.54 Å². The first kappa shape index (κ1) is 9.08. The van der Waals surface area contributed by atoms with E-state index in [2.05, 4.69) is 10.3 Å². The molecule has 14 heavy (non-hydrogen) atoms. The minimum absolute atomic E-state index is 0.0663. The van der Waals surface area contributed by atoms with Crippen LogP contribution >= 0.6 is 0 Å². The average molecular weight is 198 g/mol. The first-order valence-electron chi connectivity index (χ1n) is 4.10. The van der Waals surface area contributed by atoms with Crippen LogP contribution in [0.25, 0.3) is 11.1 Å². The number of nitrogens with one attached hydrogen (secondary N) is 1. The van der Waals surface area contributed by atoms with Crippen LogP contribution in [0.2, 0.25) is 0 Å². The van der Waals surface area contributed by atoms with Crippen molar-refractivity contribution in [3.05, 3.63) is 29.7 Å². The van der Waals surface area contributed by atoms with Crippen LogP contribution in [0, 0.1) is 11.6 Å². The first-order valence-corrected chi connectivity index (χ1v) is 4.10. The van der Waals surface area contributed by atoms with Crippen LogP contribution in [-0.4, -0.2) is 12.0 Å². The molecule has 2 aromatic rings. The van der Waals surface area contributed by atoms with Crippen molar-refractivity contribution in [1.29, 1.82) is 0 Å². The Kier molecular flexibility index (Phi) is 2.17. The average Bonchev–Trinajstić information content (AvgIpc) is 2.48. The largest absolute Gasteiger partial charge is 0.439 e. The monoisotopic (exact) mass is 198 g/mol. The maximum Gasteiger partial charge on any atom is 0.209 e. The second kappa shape index (κ2) is 3.34. The fourth-order valence-electron chi connectivity index (χ4n) is 1.23. The topological polar surface area (TPSA) is 38.1 Å². The standard InChI is InChI=1S/C9H8F2N2O/c1-12-4-8-13-9-6(11)2-5(10)3-7(9)14-8/h2-3,12H,4H2,1H3. The fourth-order valence-corrected chi connectivity index (χ4v) is 1.23. The lowest BCUT2D eigenvalue weighted by molar-refractivity contribution is 0.509. The highest BCUT2D eigenvalue weighted by Crippen LogP contribution is 2.20. The summed E-state index contributed by atoms with van der Waals surface area (Å²) in [5, 5.41) is 2.81. The molecule has 0 atom stereocenters. The van der Waals surface area contributed by atoms with E-state index in [-0.39, 0.29) is 11.1 Å². The molecule has 0 spiro atoms. The number of hydrogen-bond donors (Lipinski definition) is 1. The normalized spacial score (nSPS) is 11.1. The van der Waals surface area contributed by atoms with Crippen molar-refractivity contribution < 1.29 is 13.2 Å². The third kappa shape index (κ3) is 1.46. The van der Waals surface area contributed by atoms with Crippen molar-refractivity contribution in [2.24, 2.45) is 0 Å². The number of rotatable bonds is 2. The summed E-state index contributed by atoms with van der Waals surface area (Å²) < 4.78 is 31.0. The maximum atomic E-state index is 13.1. The Morgan fingerprint density at radius 1 is 1.43 bits per heavy atom. The Morgan fingerprint density at radius 3 is 2.93 bits per heavy atom. The van der Waals surface area contributed by atoms with Gasteiger partial charge in [-0.05, 0) is 7.05 Å².